The number of aliphatic hydroxyl groups is 1. The van der Waals surface area contributed by atoms with Gasteiger partial charge in [-0.05, 0) is 30.6 Å². The molecule has 14 heavy (non-hydrogen) atoms. The van der Waals surface area contributed by atoms with Gasteiger partial charge in [0.2, 0.25) is 0 Å². The fraction of sp³-hybridized carbons (Fsp3) is 1.00. The van der Waals surface area contributed by atoms with Crippen molar-refractivity contribution in [3.05, 3.63) is 0 Å². The van der Waals surface area contributed by atoms with Gasteiger partial charge in [-0.1, -0.05) is 47.5 Å². The summed E-state index contributed by atoms with van der Waals surface area (Å²) >= 11 is 0. The zero-order valence-corrected chi connectivity index (χ0v) is 10.6. The van der Waals surface area contributed by atoms with Crippen LogP contribution in [0, 0.1) is 11.3 Å². The first-order valence-electron chi connectivity index (χ1n) is 6.11. The maximum absolute atomic E-state index is 9.91. The molecule has 0 aromatic rings. The molecule has 0 aliphatic carbocycles. The second kappa shape index (κ2) is 6.44. The molecule has 0 bridgehead atoms. The highest BCUT2D eigenvalue weighted by atomic mass is 16.3. The Hall–Kier alpha value is -0.0400. The standard InChI is InChI=1S/C13H28O/c1-6-8-11(3)12(14)9-10-13(4,5)7-2/h11-12,14H,6-10H2,1-5H3. The lowest BCUT2D eigenvalue weighted by Crippen LogP contribution is -2.21. The first-order chi connectivity index (χ1) is 6.43. The van der Waals surface area contributed by atoms with E-state index in [4.69, 9.17) is 0 Å². The molecule has 0 aliphatic heterocycles. The molecule has 0 aromatic heterocycles. The molecule has 1 nitrogen and oxygen atoms in total. The maximum Gasteiger partial charge on any atom is 0.0566 e. The third-order valence-electron chi connectivity index (χ3n) is 3.47. The lowest BCUT2D eigenvalue weighted by molar-refractivity contribution is 0.0869. The first kappa shape index (κ1) is 14.0. The summed E-state index contributed by atoms with van der Waals surface area (Å²) in [6, 6.07) is 0. The zero-order valence-electron chi connectivity index (χ0n) is 10.6. The van der Waals surface area contributed by atoms with E-state index in [-0.39, 0.29) is 6.10 Å². The van der Waals surface area contributed by atoms with Gasteiger partial charge in [-0.15, -0.1) is 0 Å². The molecule has 0 aromatic carbocycles. The van der Waals surface area contributed by atoms with Gasteiger partial charge in [0.15, 0.2) is 0 Å². The molecule has 0 amide bonds. The Kier molecular flexibility index (Phi) is 6.43. The van der Waals surface area contributed by atoms with Gasteiger partial charge in [-0.25, -0.2) is 0 Å². The lowest BCUT2D eigenvalue weighted by Gasteiger charge is -2.26. The van der Waals surface area contributed by atoms with E-state index in [9.17, 15) is 5.11 Å². The normalized spacial score (nSPS) is 16.7. The van der Waals surface area contributed by atoms with Crippen LogP contribution in [0.2, 0.25) is 0 Å². The summed E-state index contributed by atoms with van der Waals surface area (Å²) in [6.07, 6.45) is 5.52. The van der Waals surface area contributed by atoms with E-state index in [0.717, 1.165) is 19.3 Å². The van der Waals surface area contributed by atoms with E-state index in [1.807, 2.05) is 0 Å². The van der Waals surface area contributed by atoms with E-state index >= 15 is 0 Å². The Morgan fingerprint density at radius 2 is 1.71 bits per heavy atom. The molecule has 1 N–H and O–H groups in total. The fourth-order valence-corrected chi connectivity index (χ4v) is 1.65. The number of rotatable bonds is 7. The van der Waals surface area contributed by atoms with Crippen molar-refractivity contribution in [3.63, 3.8) is 0 Å². The highest BCUT2D eigenvalue weighted by molar-refractivity contribution is 4.71. The Morgan fingerprint density at radius 3 is 2.14 bits per heavy atom. The third kappa shape index (κ3) is 5.64. The van der Waals surface area contributed by atoms with Gasteiger partial charge in [0.25, 0.3) is 0 Å². The molecule has 0 saturated carbocycles. The Balaban J connectivity index is 3.77. The highest BCUT2D eigenvalue weighted by Gasteiger charge is 2.19. The molecule has 86 valence electrons. The van der Waals surface area contributed by atoms with E-state index in [0.29, 0.717) is 11.3 Å². The molecule has 0 spiro atoms. The SMILES string of the molecule is CCCC(C)C(O)CCC(C)(C)CC. The number of hydrogen-bond acceptors (Lipinski definition) is 1. The van der Waals surface area contributed by atoms with Crippen LogP contribution in [-0.4, -0.2) is 11.2 Å². The summed E-state index contributed by atoms with van der Waals surface area (Å²) in [5, 5.41) is 9.91. The lowest BCUT2D eigenvalue weighted by atomic mass is 9.82. The van der Waals surface area contributed by atoms with Crippen molar-refractivity contribution in [2.75, 3.05) is 0 Å². The molecule has 0 rings (SSSR count). The zero-order chi connectivity index (χ0) is 11.2. The van der Waals surface area contributed by atoms with Gasteiger partial charge in [0.1, 0.15) is 0 Å². The van der Waals surface area contributed by atoms with Crippen LogP contribution in [0.5, 0.6) is 0 Å². The molecule has 2 atom stereocenters. The minimum Gasteiger partial charge on any atom is -0.393 e. The van der Waals surface area contributed by atoms with Crippen molar-refractivity contribution < 1.29 is 5.11 Å². The minimum absolute atomic E-state index is 0.0965. The topological polar surface area (TPSA) is 20.2 Å². The molecule has 0 radical (unpaired) electrons. The quantitative estimate of drug-likeness (QED) is 0.658. The molecule has 0 fully saturated rings. The minimum atomic E-state index is -0.0965. The van der Waals surface area contributed by atoms with Gasteiger partial charge >= 0.3 is 0 Å². The van der Waals surface area contributed by atoms with Crippen LogP contribution >= 0.6 is 0 Å². The van der Waals surface area contributed by atoms with Gasteiger partial charge in [0, 0.05) is 0 Å². The largest absolute Gasteiger partial charge is 0.393 e. The predicted octanol–water partition coefficient (Wildman–Crippen LogP) is 4.00. The molecule has 1 heteroatoms. The van der Waals surface area contributed by atoms with Crippen LogP contribution in [0.1, 0.15) is 66.7 Å². The van der Waals surface area contributed by atoms with Crippen molar-refractivity contribution in [3.8, 4) is 0 Å². The Bertz CT molecular complexity index is 140. The van der Waals surface area contributed by atoms with Crippen LogP contribution in [-0.2, 0) is 0 Å². The Labute approximate surface area is 89.9 Å². The Morgan fingerprint density at radius 1 is 1.14 bits per heavy atom. The van der Waals surface area contributed by atoms with E-state index in [1.165, 1.54) is 12.8 Å². The van der Waals surface area contributed by atoms with Gasteiger partial charge < -0.3 is 5.11 Å². The van der Waals surface area contributed by atoms with Gasteiger partial charge in [0.05, 0.1) is 6.10 Å². The van der Waals surface area contributed by atoms with Crippen LogP contribution in [0.15, 0.2) is 0 Å². The summed E-state index contributed by atoms with van der Waals surface area (Å²) in [5.74, 6) is 0.465. The average Bonchev–Trinajstić information content (AvgIpc) is 2.15. The molecule has 2 unspecified atom stereocenters. The van der Waals surface area contributed by atoms with E-state index < -0.39 is 0 Å². The highest BCUT2D eigenvalue weighted by Crippen LogP contribution is 2.28. The third-order valence-corrected chi connectivity index (χ3v) is 3.47. The monoisotopic (exact) mass is 200 g/mol. The molecular formula is C13H28O. The molecule has 0 aliphatic rings. The number of hydrogen-bond donors (Lipinski definition) is 1. The van der Waals surface area contributed by atoms with Crippen molar-refractivity contribution >= 4 is 0 Å². The molecule has 0 heterocycles. The van der Waals surface area contributed by atoms with Gasteiger partial charge in [-0.3, -0.25) is 0 Å². The number of aliphatic hydroxyl groups excluding tert-OH is 1. The van der Waals surface area contributed by atoms with E-state index in [1.54, 1.807) is 0 Å². The maximum atomic E-state index is 9.91. The first-order valence-corrected chi connectivity index (χ1v) is 6.11. The predicted molar refractivity (Wildman–Crippen MR) is 63.4 cm³/mol. The van der Waals surface area contributed by atoms with Crippen LogP contribution < -0.4 is 0 Å². The van der Waals surface area contributed by atoms with Crippen molar-refractivity contribution in [1.82, 2.24) is 0 Å². The van der Waals surface area contributed by atoms with Crippen molar-refractivity contribution in [2.45, 2.75) is 72.8 Å². The van der Waals surface area contributed by atoms with Crippen LogP contribution in [0.25, 0.3) is 0 Å². The second-order valence-electron chi connectivity index (χ2n) is 5.39. The fourth-order valence-electron chi connectivity index (χ4n) is 1.65. The molecular weight excluding hydrogens is 172 g/mol. The average molecular weight is 200 g/mol. The van der Waals surface area contributed by atoms with Gasteiger partial charge in [-0.2, -0.15) is 0 Å². The summed E-state index contributed by atoms with van der Waals surface area (Å²) in [6.45, 7) is 11.1. The van der Waals surface area contributed by atoms with Crippen molar-refractivity contribution in [2.24, 2.45) is 11.3 Å². The summed E-state index contributed by atoms with van der Waals surface area (Å²) in [5.41, 5.74) is 0.396. The van der Waals surface area contributed by atoms with Crippen LogP contribution in [0.3, 0.4) is 0 Å². The van der Waals surface area contributed by atoms with E-state index in [2.05, 4.69) is 34.6 Å². The van der Waals surface area contributed by atoms with Crippen molar-refractivity contribution in [1.29, 1.82) is 0 Å². The smallest absolute Gasteiger partial charge is 0.0566 e. The summed E-state index contributed by atoms with van der Waals surface area (Å²) < 4.78 is 0. The summed E-state index contributed by atoms with van der Waals surface area (Å²) in [7, 11) is 0. The summed E-state index contributed by atoms with van der Waals surface area (Å²) in [4.78, 5) is 0. The second-order valence-corrected chi connectivity index (χ2v) is 5.39. The van der Waals surface area contributed by atoms with Crippen LogP contribution in [0.4, 0.5) is 0 Å². The molecule has 0 saturated heterocycles.